The Bertz CT molecular complexity index is 381. The zero-order chi connectivity index (χ0) is 12.8. The van der Waals surface area contributed by atoms with Crippen molar-refractivity contribution >= 4 is 5.84 Å². The summed E-state index contributed by atoms with van der Waals surface area (Å²) in [4.78, 5) is 2.17. The summed E-state index contributed by atoms with van der Waals surface area (Å²) in [6, 6.07) is 6.32. The molecule has 1 aromatic rings. The van der Waals surface area contributed by atoms with Crippen molar-refractivity contribution < 1.29 is 5.21 Å². The van der Waals surface area contributed by atoms with Gasteiger partial charge in [-0.15, -0.1) is 0 Å². The van der Waals surface area contributed by atoms with Gasteiger partial charge in [-0.2, -0.15) is 0 Å². The average Bonchev–Trinajstić information content (AvgIpc) is 2.31. The summed E-state index contributed by atoms with van der Waals surface area (Å²) < 4.78 is 0. The third-order valence-electron chi connectivity index (χ3n) is 2.95. The van der Waals surface area contributed by atoms with Crippen LogP contribution in [0.5, 0.6) is 0 Å². The first kappa shape index (κ1) is 13.5. The number of benzene rings is 1. The van der Waals surface area contributed by atoms with Gasteiger partial charge >= 0.3 is 0 Å². The van der Waals surface area contributed by atoms with Crippen LogP contribution in [-0.2, 0) is 6.54 Å². The molecule has 4 nitrogen and oxygen atoms in total. The van der Waals surface area contributed by atoms with Gasteiger partial charge in [-0.25, -0.2) is 0 Å². The molecule has 0 radical (unpaired) electrons. The van der Waals surface area contributed by atoms with Crippen LogP contribution in [0.3, 0.4) is 0 Å². The molecule has 0 atom stereocenters. The quantitative estimate of drug-likeness (QED) is 0.354. The normalized spacial score (nSPS) is 12.1. The largest absolute Gasteiger partial charge is 0.409 e. The second-order valence-electron chi connectivity index (χ2n) is 4.45. The maximum absolute atomic E-state index is 8.47. The molecule has 94 valence electrons. The molecule has 0 unspecified atom stereocenters. The maximum Gasteiger partial charge on any atom is 0.140 e. The molecule has 0 heterocycles. The molecule has 0 aliphatic heterocycles. The molecule has 0 fully saturated rings. The highest BCUT2D eigenvalue weighted by Gasteiger charge is 2.06. The molecule has 0 aromatic heterocycles. The monoisotopic (exact) mass is 235 g/mol. The molecule has 1 aromatic carbocycles. The fourth-order valence-electron chi connectivity index (χ4n) is 1.80. The molecule has 4 heteroatoms. The first-order valence-electron chi connectivity index (χ1n) is 5.74. The molecular formula is C13H21N3O. The van der Waals surface area contributed by atoms with Crippen molar-refractivity contribution in [1.29, 1.82) is 0 Å². The highest BCUT2D eigenvalue weighted by atomic mass is 16.4. The molecular weight excluding hydrogens is 214 g/mol. The summed E-state index contributed by atoms with van der Waals surface area (Å²) in [6.07, 6.45) is 0.581. The van der Waals surface area contributed by atoms with Crippen LogP contribution in [0, 0.1) is 13.8 Å². The lowest BCUT2D eigenvalue weighted by atomic mass is 10.0. The molecule has 0 aliphatic carbocycles. The number of aryl methyl sites for hydroxylation is 2. The highest BCUT2D eigenvalue weighted by Crippen LogP contribution is 2.15. The number of rotatable bonds is 5. The predicted molar refractivity (Wildman–Crippen MR) is 70.3 cm³/mol. The van der Waals surface area contributed by atoms with Crippen LogP contribution in [-0.4, -0.2) is 29.5 Å². The molecule has 3 N–H and O–H groups in total. The summed E-state index contributed by atoms with van der Waals surface area (Å²) in [6.45, 7) is 5.92. The van der Waals surface area contributed by atoms with E-state index in [0.717, 1.165) is 13.1 Å². The minimum atomic E-state index is 0.276. The zero-order valence-electron chi connectivity index (χ0n) is 10.8. The van der Waals surface area contributed by atoms with Crippen molar-refractivity contribution in [3.63, 3.8) is 0 Å². The van der Waals surface area contributed by atoms with E-state index in [2.05, 4.69) is 42.1 Å². The maximum atomic E-state index is 8.47. The summed E-state index contributed by atoms with van der Waals surface area (Å²) in [7, 11) is 2.04. The van der Waals surface area contributed by atoms with E-state index < -0.39 is 0 Å². The second-order valence-corrected chi connectivity index (χ2v) is 4.45. The topological polar surface area (TPSA) is 61.8 Å². The van der Waals surface area contributed by atoms with Gasteiger partial charge in [0, 0.05) is 19.5 Å². The van der Waals surface area contributed by atoms with Crippen molar-refractivity contribution in [2.24, 2.45) is 10.9 Å². The number of nitrogens with zero attached hydrogens (tertiary/aromatic N) is 2. The van der Waals surface area contributed by atoms with Crippen LogP contribution < -0.4 is 5.73 Å². The van der Waals surface area contributed by atoms with Crippen LogP contribution in [0.2, 0.25) is 0 Å². The Labute approximate surface area is 103 Å². The minimum absolute atomic E-state index is 0.276. The fourth-order valence-corrected chi connectivity index (χ4v) is 1.80. The van der Waals surface area contributed by atoms with Gasteiger partial charge in [0.2, 0.25) is 0 Å². The van der Waals surface area contributed by atoms with E-state index in [0.29, 0.717) is 6.42 Å². The summed E-state index contributed by atoms with van der Waals surface area (Å²) in [5.74, 6) is 0.276. The lowest BCUT2D eigenvalue weighted by molar-refractivity contribution is 0.309. The van der Waals surface area contributed by atoms with Crippen molar-refractivity contribution in [1.82, 2.24) is 4.90 Å². The third kappa shape index (κ3) is 4.07. The van der Waals surface area contributed by atoms with Crippen molar-refractivity contribution in [2.75, 3.05) is 13.6 Å². The number of amidine groups is 1. The van der Waals surface area contributed by atoms with Crippen LogP contribution in [0.4, 0.5) is 0 Å². The predicted octanol–water partition coefficient (Wildman–Crippen LogP) is 1.87. The van der Waals surface area contributed by atoms with E-state index in [4.69, 9.17) is 10.9 Å². The van der Waals surface area contributed by atoms with Gasteiger partial charge < -0.3 is 15.8 Å². The van der Waals surface area contributed by atoms with Gasteiger partial charge in [0.25, 0.3) is 0 Å². The average molecular weight is 235 g/mol. The van der Waals surface area contributed by atoms with E-state index in [1.807, 2.05) is 7.05 Å². The Morgan fingerprint density at radius 3 is 2.47 bits per heavy atom. The van der Waals surface area contributed by atoms with Crippen molar-refractivity contribution in [2.45, 2.75) is 26.8 Å². The Morgan fingerprint density at radius 1 is 1.35 bits per heavy atom. The molecule has 0 amide bonds. The van der Waals surface area contributed by atoms with Crippen LogP contribution in [0.25, 0.3) is 0 Å². The van der Waals surface area contributed by atoms with Gasteiger partial charge in [0.05, 0.1) is 0 Å². The number of hydrogen-bond acceptors (Lipinski definition) is 3. The van der Waals surface area contributed by atoms with Crippen molar-refractivity contribution in [3.05, 3.63) is 34.9 Å². The highest BCUT2D eigenvalue weighted by molar-refractivity contribution is 5.79. The second kappa shape index (κ2) is 6.25. The van der Waals surface area contributed by atoms with Gasteiger partial charge in [-0.1, -0.05) is 23.4 Å². The molecule has 0 saturated heterocycles. The molecule has 0 bridgehead atoms. The summed E-state index contributed by atoms with van der Waals surface area (Å²) in [5, 5.41) is 11.4. The van der Waals surface area contributed by atoms with E-state index in [1.54, 1.807) is 0 Å². The van der Waals surface area contributed by atoms with E-state index in [1.165, 1.54) is 16.7 Å². The lowest BCUT2D eigenvalue weighted by Gasteiger charge is -2.19. The van der Waals surface area contributed by atoms with E-state index >= 15 is 0 Å². The Morgan fingerprint density at radius 2 is 1.94 bits per heavy atom. The molecule has 17 heavy (non-hydrogen) atoms. The Kier molecular flexibility index (Phi) is 4.97. The van der Waals surface area contributed by atoms with Gasteiger partial charge in [-0.05, 0) is 37.6 Å². The lowest BCUT2D eigenvalue weighted by Crippen LogP contribution is -2.25. The SMILES string of the molecule is Cc1cccc(C)c1CN(C)CC/C(N)=N/O. The number of hydrogen-bond donors (Lipinski definition) is 2. The third-order valence-corrected chi connectivity index (χ3v) is 2.95. The molecule has 1 rings (SSSR count). The standard InChI is InChI=1S/C13H21N3O/c1-10-5-4-6-11(2)12(10)9-16(3)8-7-13(14)15-17/h4-6,17H,7-9H2,1-3H3,(H2,14,15). The van der Waals surface area contributed by atoms with Gasteiger partial charge in [0.1, 0.15) is 5.84 Å². The van der Waals surface area contributed by atoms with Crippen LogP contribution >= 0.6 is 0 Å². The zero-order valence-corrected chi connectivity index (χ0v) is 10.8. The van der Waals surface area contributed by atoms with Gasteiger partial charge in [0.15, 0.2) is 0 Å². The smallest absolute Gasteiger partial charge is 0.140 e. The summed E-state index contributed by atoms with van der Waals surface area (Å²) in [5.41, 5.74) is 9.42. The van der Waals surface area contributed by atoms with Crippen molar-refractivity contribution in [3.8, 4) is 0 Å². The first-order valence-corrected chi connectivity index (χ1v) is 5.74. The number of nitrogens with two attached hydrogens (primary N) is 1. The molecule has 0 spiro atoms. The molecule has 0 aliphatic rings. The Balaban J connectivity index is 2.59. The van der Waals surface area contributed by atoms with E-state index in [-0.39, 0.29) is 5.84 Å². The first-order chi connectivity index (χ1) is 8.04. The molecule has 0 saturated carbocycles. The summed E-state index contributed by atoms with van der Waals surface area (Å²) >= 11 is 0. The minimum Gasteiger partial charge on any atom is -0.409 e. The van der Waals surface area contributed by atoms with Crippen LogP contribution in [0.15, 0.2) is 23.4 Å². The number of oxime groups is 1. The van der Waals surface area contributed by atoms with Gasteiger partial charge in [-0.3, -0.25) is 0 Å². The fraction of sp³-hybridized carbons (Fsp3) is 0.462. The van der Waals surface area contributed by atoms with E-state index in [9.17, 15) is 0 Å². The van der Waals surface area contributed by atoms with Crippen LogP contribution in [0.1, 0.15) is 23.1 Å². The Hall–Kier alpha value is -1.55.